The van der Waals surface area contributed by atoms with E-state index in [1.54, 1.807) is 48.5 Å². The number of thiocarbonyl (C=S) groups is 1. The lowest BCUT2D eigenvalue weighted by molar-refractivity contribution is 0.0981. The van der Waals surface area contributed by atoms with Gasteiger partial charge in [0.25, 0.3) is 5.91 Å². The maximum absolute atomic E-state index is 12.1. The molecule has 2 N–H and O–H groups in total. The topological polar surface area (TPSA) is 67.2 Å². The monoisotopic (exact) mass is 447 g/mol. The molecule has 2 aromatic carbocycles. The Bertz CT molecular complexity index is 1190. The van der Waals surface area contributed by atoms with Gasteiger partial charge in [-0.15, -0.1) is 11.3 Å². The third-order valence-corrected chi connectivity index (χ3v) is 5.60. The molecule has 0 unspecified atom stereocenters. The molecule has 1 amide bonds. The zero-order valence-corrected chi connectivity index (χ0v) is 17.2. The second-order valence-electron chi connectivity index (χ2n) is 5.72. The molecule has 4 rings (SSSR count). The third-order valence-electron chi connectivity index (χ3n) is 3.78. The summed E-state index contributed by atoms with van der Waals surface area (Å²) in [6.07, 6.45) is 0. The molecule has 5 nitrogen and oxygen atoms in total. The van der Waals surface area contributed by atoms with Crippen LogP contribution in [-0.2, 0) is 0 Å². The van der Waals surface area contributed by atoms with Gasteiger partial charge < -0.3 is 9.73 Å². The van der Waals surface area contributed by atoms with Gasteiger partial charge in [-0.1, -0.05) is 29.3 Å². The van der Waals surface area contributed by atoms with Crippen LogP contribution in [0.15, 0.2) is 58.3 Å². The van der Waals surface area contributed by atoms with E-state index in [4.69, 9.17) is 39.8 Å². The number of nitrogens with one attached hydrogen (secondary N) is 2. The summed E-state index contributed by atoms with van der Waals surface area (Å²) in [5, 5.41) is 8.54. The van der Waals surface area contributed by atoms with Crippen LogP contribution < -0.4 is 10.6 Å². The predicted octanol–water partition coefficient (Wildman–Crippen LogP) is 5.99. The van der Waals surface area contributed by atoms with E-state index in [1.165, 1.54) is 11.3 Å². The molecule has 28 heavy (non-hydrogen) atoms. The average molecular weight is 448 g/mol. The third kappa shape index (κ3) is 4.02. The van der Waals surface area contributed by atoms with Crippen LogP contribution >= 0.6 is 46.8 Å². The molecule has 0 atom stereocenters. The Labute approximate surface area is 179 Å². The summed E-state index contributed by atoms with van der Waals surface area (Å²) < 4.78 is 5.78. The molecule has 0 saturated heterocycles. The summed E-state index contributed by atoms with van der Waals surface area (Å²) in [5.41, 5.74) is 2.65. The van der Waals surface area contributed by atoms with Crippen LogP contribution in [0.2, 0.25) is 10.0 Å². The lowest BCUT2D eigenvalue weighted by Gasteiger charge is -2.08. The van der Waals surface area contributed by atoms with E-state index in [0.717, 1.165) is 5.56 Å². The van der Waals surface area contributed by atoms with E-state index in [9.17, 15) is 4.79 Å². The van der Waals surface area contributed by atoms with Gasteiger partial charge in [0.05, 0.1) is 14.9 Å². The molecular formula is C19H11Cl2N3O2S2. The van der Waals surface area contributed by atoms with Gasteiger partial charge in [0, 0.05) is 11.3 Å². The van der Waals surface area contributed by atoms with Gasteiger partial charge in [0.15, 0.2) is 10.7 Å². The number of anilines is 1. The van der Waals surface area contributed by atoms with Crippen LogP contribution in [0.25, 0.3) is 22.6 Å². The number of carbonyl (C=O) groups is 1. The highest BCUT2D eigenvalue weighted by Crippen LogP contribution is 2.30. The first-order valence-electron chi connectivity index (χ1n) is 8.01. The maximum atomic E-state index is 12.1. The number of nitrogens with zero attached hydrogens (tertiary/aromatic N) is 1. The molecule has 0 fully saturated rings. The van der Waals surface area contributed by atoms with Crippen LogP contribution in [0.1, 0.15) is 9.67 Å². The number of hydrogen-bond donors (Lipinski definition) is 2. The SMILES string of the molecule is O=C(NC(=S)Nc1ccc2oc(-c3ccc(Cl)c(Cl)c3)nc2c1)c1cccs1. The summed E-state index contributed by atoms with van der Waals surface area (Å²) in [6, 6.07) is 14.1. The highest BCUT2D eigenvalue weighted by atomic mass is 35.5. The molecule has 140 valence electrons. The van der Waals surface area contributed by atoms with E-state index >= 15 is 0 Å². The van der Waals surface area contributed by atoms with E-state index in [-0.39, 0.29) is 11.0 Å². The first-order chi connectivity index (χ1) is 13.5. The lowest BCUT2D eigenvalue weighted by Crippen LogP contribution is -2.33. The van der Waals surface area contributed by atoms with Crippen molar-refractivity contribution in [3.8, 4) is 11.5 Å². The summed E-state index contributed by atoms with van der Waals surface area (Å²) in [6.45, 7) is 0. The number of carbonyl (C=O) groups excluding carboxylic acids is 1. The zero-order chi connectivity index (χ0) is 19.7. The molecule has 0 aliphatic rings. The van der Waals surface area contributed by atoms with Crippen molar-refractivity contribution in [3.63, 3.8) is 0 Å². The fourth-order valence-corrected chi connectivity index (χ4v) is 3.62. The fraction of sp³-hybridized carbons (Fsp3) is 0. The summed E-state index contributed by atoms with van der Waals surface area (Å²) in [4.78, 5) is 17.1. The van der Waals surface area contributed by atoms with Crippen LogP contribution in [-0.4, -0.2) is 16.0 Å². The van der Waals surface area contributed by atoms with Gasteiger partial charge in [-0.3, -0.25) is 10.1 Å². The van der Waals surface area contributed by atoms with E-state index in [2.05, 4.69) is 15.6 Å². The van der Waals surface area contributed by atoms with Crippen molar-refractivity contribution < 1.29 is 9.21 Å². The maximum Gasteiger partial charge on any atom is 0.267 e. The average Bonchev–Trinajstić information content (AvgIpc) is 3.33. The number of oxazole rings is 1. The molecule has 9 heteroatoms. The molecule has 0 aliphatic carbocycles. The minimum Gasteiger partial charge on any atom is -0.436 e. The van der Waals surface area contributed by atoms with Crippen molar-refractivity contribution in [1.29, 1.82) is 0 Å². The number of aromatic nitrogens is 1. The molecule has 0 bridgehead atoms. The second kappa shape index (κ2) is 7.89. The van der Waals surface area contributed by atoms with Gasteiger partial charge >= 0.3 is 0 Å². The Hall–Kier alpha value is -2.45. The van der Waals surface area contributed by atoms with Crippen LogP contribution in [0.4, 0.5) is 5.69 Å². The quantitative estimate of drug-likeness (QED) is 0.377. The molecule has 2 aromatic heterocycles. The van der Waals surface area contributed by atoms with Gasteiger partial charge in [-0.05, 0) is 60.1 Å². The first kappa shape index (κ1) is 18.9. The van der Waals surface area contributed by atoms with E-state index in [0.29, 0.717) is 37.6 Å². The van der Waals surface area contributed by atoms with Crippen molar-refractivity contribution in [2.75, 3.05) is 5.32 Å². The summed E-state index contributed by atoms with van der Waals surface area (Å²) in [5.74, 6) is 0.177. The van der Waals surface area contributed by atoms with Gasteiger partial charge in [-0.25, -0.2) is 4.98 Å². The summed E-state index contributed by atoms with van der Waals surface area (Å²) in [7, 11) is 0. The van der Waals surface area contributed by atoms with Gasteiger partial charge in [0.1, 0.15) is 5.52 Å². The Kier molecular flexibility index (Phi) is 5.32. The molecule has 2 heterocycles. The number of halogens is 2. The Morgan fingerprint density at radius 2 is 1.96 bits per heavy atom. The molecule has 0 aliphatic heterocycles. The number of benzene rings is 2. The molecular weight excluding hydrogens is 437 g/mol. The lowest BCUT2D eigenvalue weighted by atomic mass is 10.2. The highest BCUT2D eigenvalue weighted by Gasteiger charge is 2.12. The number of thiophene rings is 1. The minimum atomic E-state index is -0.253. The zero-order valence-electron chi connectivity index (χ0n) is 14.0. The molecule has 4 aromatic rings. The van der Waals surface area contributed by atoms with Crippen molar-refractivity contribution in [2.24, 2.45) is 0 Å². The second-order valence-corrected chi connectivity index (χ2v) is 7.89. The van der Waals surface area contributed by atoms with Crippen LogP contribution in [0, 0.1) is 0 Å². The van der Waals surface area contributed by atoms with Gasteiger partial charge in [-0.2, -0.15) is 0 Å². The normalized spacial score (nSPS) is 10.8. The standard InChI is InChI=1S/C19H11Cl2N3O2S2/c20-12-5-3-10(8-13(12)21)18-23-14-9-11(4-6-15(14)26-18)22-19(27)24-17(25)16-2-1-7-28-16/h1-9H,(H2,22,24,25,27). The minimum absolute atomic E-state index is 0.200. The fourth-order valence-electron chi connectivity index (χ4n) is 2.49. The number of fused-ring (bicyclic) bond motifs is 1. The first-order valence-corrected chi connectivity index (χ1v) is 10.1. The molecule has 0 saturated carbocycles. The Balaban J connectivity index is 1.52. The van der Waals surface area contributed by atoms with E-state index in [1.807, 2.05) is 5.38 Å². The predicted molar refractivity (Wildman–Crippen MR) is 117 cm³/mol. The van der Waals surface area contributed by atoms with Crippen LogP contribution in [0.3, 0.4) is 0 Å². The number of rotatable bonds is 3. The Morgan fingerprint density at radius 1 is 1.11 bits per heavy atom. The Morgan fingerprint density at radius 3 is 2.71 bits per heavy atom. The van der Waals surface area contributed by atoms with Gasteiger partial charge in [0.2, 0.25) is 5.89 Å². The largest absolute Gasteiger partial charge is 0.436 e. The van der Waals surface area contributed by atoms with E-state index < -0.39 is 0 Å². The van der Waals surface area contributed by atoms with Crippen molar-refractivity contribution in [2.45, 2.75) is 0 Å². The number of amides is 1. The van der Waals surface area contributed by atoms with Crippen molar-refractivity contribution in [3.05, 3.63) is 68.8 Å². The highest BCUT2D eigenvalue weighted by molar-refractivity contribution is 7.80. The molecule has 0 spiro atoms. The summed E-state index contributed by atoms with van der Waals surface area (Å²) >= 11 is 18.6. The molecule has 0 radical (unpaired) electrons. The number of hydrogen-bond acceptors (Lipinski definition) is 5. The van der Waals surface area contributed by atoms with Crippen molar-refractivity contribution in [1.82, 2.24) is 10.3 Å². The smallest absolute Gasteiger partial charge is 0.267 e. The van der Waals surface area contributed by atoms with Crippen LogP contribution in [0.5, 0.6) is 0 Å². The van der Waals surface area contributed by atoms with Crippen molar-refractivity contribution >= 4 is 74.6 Å².